The third kappa shape index (κ3) is 6.04. The molecule has 1 aliphatic heterocycles. The van der Waals surface area contributed by atoms with E-state index in [1.54, 1.807) is 43.3 Å². The van der Waals surface area contributed by atoms with Crippen LogP contribution in [0, 0.1) is 6.92 Å². The summed E-state index contributed by atoms with van der Waals surface area (Å²) >= 11 is 0. The van der Waals surface area contributed by atoms with Crippen molar-refractivity contribution in [2.75, 3.05) is 11.6 Å². The van der Waals surface area contributed by atoms with Gasteiger partial charge in [0.1, 0.15) is 10.6 Å². The lowest BCUT2D eigenvalue weighted by Crippen LogP contribution is -2.21. The molecular formula is C34H30N2O5S. The molecule has 0 N–H and O–H groups in total. The van der Waals surface area contributed by atoms with E-state index in [2.05, 4.69) is 6.58 Å². The van der Waals surface area contributed by atoms with Crippen molar-refractivity contribution in [3.05, 3.63) is 138 Å². The fourth-order valence-electron chi connectivity index (χ4n) is 4.56. The maximum atomic E-state index is 13.7. The minimum Gasteiger partial charge on any atom is -0.490 e. The second-order valence-electron chi connectivity index (χ2n) is 9.61. The highest BCUT2D eigenvalue weighted by molar-refractivity contribution is 7.87. The predicted octanol–water partition coefficient (Wildman–Crippen LogP) is 6.72. The summed E-state index contributed by atoms with van der Waals surface area (Å²) in [5.41, 5.74) is 4.44. The van der Waals surface area contributed by atoms with Crippen LogP contribution in [0.1, 0.15) is 29.2 Å². The molecule has 0 fully saturated rings. The summed E-state index contributed by atoms with van der Waals surface area (Å²) in [6.07, 6.45) is 3.70. The quantitative estimate of drug-likeness (QED) is 0.118. The van der Waals surface area contributed by atoms with Gasteiger partial charge < -0.3 is 8.92 Å². The Kier molecular flexibility index (Phi) is 8.36. The molecule has 0 radical (unpaired) electrons. The summed E-state index contributed by atoms with van der Waals surface area (Å²) in [4.78, 5) is 13.8. The number of hydrogen-bond donors (Lipinski definition) is 0. The summed E-state index contributed by atoms with van der Waals surface area (Å²) in [6.45, 7) is 7.78. The van der Waals surface area contributed by atoms with Crippen LogP contribution in [-0.4, -0.2) is 26.6 Å². The number of hydrazone groups is 1. The van der Waals surface area contributed by atoms with Gasteiger partial charge in [-0.25, -0.2) is 0 Å². The molecule has 0 aromatic heterocycles. The molecular weight excluding hydrogens is 548 g/mol. The molecule has 0 bridgehead atoms. The number of allylic oxidation sites excluding steroid dienone is 1. The first-order chi connectivity index (χ1) is 20.3. The van der Waals surface area contributed by atoms with E-state index in [1.165, 1.54) is 17.1 Å². The highest BCUT2D eigenvalue weighted by Crippen LogP contribution is 2.37. The molecule has 4 aromatic carbocycles. The Bertz CT molecular complexity index is 1780. The van der Waals surface area contributed by atoms with Crippen molar-refractivity contribution in [3.63, 3.8) is 0 Å². The van der Waals surface area contributed by atoms with Gasteiger partial charge in [0.25, 0.3) is 5.91 Å². The average molecular weight is 579 g/mol. The maximum absolute atomic E-state index is 13.7. The highest BCUT2D eigenvalue weighted by Gasteiger charge is 2.32. The van der Waals surface area contributed by atoms with Gasteiger partial charge in [-0.15, -0.1) is 6.58 Å². The van der Waals surface area contributed by atoms with E-state index in [-0.39, 0.29) is 28.9 Å². The fraction of sp³-hybridized carbons (Fsp3) is 0.118. The fourth-order valence-corrected chi connectivity index (χ4v) is 5.53. The number of ether oxygens (including phenoxy) is 1. The molecule has 42 heavy (non-hydrogen) atoms. The van der Waals surface area contributed by atoms with Crippen LogP contribution in [0.5, 0.6) is 11.5 Å². The Labute approximate surface area is 246 Å². The third-order valence-electron chi connectivity index (χ3n) is 6.56. The Morgan fingerprint density at radius 2 is 1.60 bits per heavy atom. The Morgan fingerprint density at radius 3 is 2.24 bits per heavy atom. The van der Waals surface area contributed by atoms with E-state index in [0.29, 0.717) is 34.5 Å². The number of rotatable bonds is 10. The number of benzene rings is 4. The first kappa shape index (κ1) is 28.6. The molecule has 212 valence electrons. The van der Waals surface area contributed by atoms with Gasteiger partial charge in [0.15, 0.2) is 11.5 Å². The van der Waals surface area contributed by atoms with E-state index in [0.717, 1.165) is 11.1 Å². The van der Waals surface area contributed by atoms with Crippen molar-refractivity contribution in [3.8, 4) is 11.5 Å². The smallest absolute Gasteiger partial charge is 0.339 e. The van der Waals surface area contributed by atoms with E-state index >= 15 is 0 Å². The lowest BCUT2D eigenvalue weighted by molar-refractivity contribution is -0.114. The zero-order valence-electron chi connectivity index (χ0n) is 23.4. The van der Waals surface area contributed by atoms with Crippen LogP contribution in [0.25, 0.3) is 6.08 Å². The SMILES string of the molecule is C=CCc1cc(/C=C2\C(=O)N(c3ccccc3)N=C2c2ccccc2)cc(OCC)c1OS(=O)(=O)c1ccc(C)cc1. The minimum atomic E-state index is -4.15. The van der Waals surface area contributed by atoms with Crippen LogP contribution in [0.3, 0.4) is 0 Å². The summed E-state index contributed by atoms with van der Waals surface area (Å²) in [5, 5.41) is 6.07. The summed E-state index contributed by atoms with van der Waals surface area (Å²) in [5.74, 6) is 0.0357. The molecule has 0 unspecified atom stereocenters. The first-order valence-electron chi connectivity index (χ1n) is 13.5. The average Bonchev–Trinajstić information content (AvgIpc) is 3.31. The van der Waals surface area contributed by atoms with Gasteiger partial charge in [-0.05, 0) is 68.3 Å². The molecule has 0 saturated heterocycles. The Hall–Kier alpha value is -4.95. The van der Waals surface area contributed by atoms with Crippen molar-refractivity contribution < 1.29 is 22.1 Å². The molecule has 5 rings (SSSR count). The van der Waals surface area contributed by atoms with E-state index < -0.39 is 10.1 Å². The molecule has 0 saturated carbocycles. The minimum absolute atomic E-state index is 0.0348. The van der Waals surface area contributed by atoms with Gasteiger partial charge in [0.2, 0.25) is 0 Å². The zero-order chi connectivity index (χ0) is 29.7. The monoisotopic (exact) mass is 578 g/mol. The van der Waals surface area contributed by atoms with Gasteiger partial charge in [0, 0.05) is 11.1 Å². The number of aryl methyl sites for hydroxylation is 1. The van der Waals surface area contributed by atoms with Gasteiger partial charge in [-0.3, -0.25) is 4.79 Å². The largest absolute Gasteiger partial charge is 0.490 e. The number of anilines is 1. The number of carbonyl (C=O) groups is 1. The summed E-state index contributed by atoms with van der Waals surface area (Å²) in [7, 11) is -4.15. The topological polar surface area (TPSA) is 85.3 Å². The van der Waals surface area contributed by atoms with E-state index in [1.807, 2.05) is 67.6 Å². The van der Waals surface area contributed by atoms with Crippen LogP contribution in [0.4, 0.5) is 5.69 Å². The zero-order valence-corrected chi connectivity index (χ0v) is 24.2. The molecule has 1 aliphatic rings. The normalized spacial score (nSPS) is 14.1. The van der Waals surface area contributed by atoms with Crippen molar-refractivity contribution in [2.45, 2.75) is 25.2 Å². The van der Waals surface area contributed by atoms with Gasteiger partial charge in [0.05, 0.1) is 17.9 Å². The molecule has 7 nitrogen and oxygen atoms in total. The predicted molar refractivity (Wildman–Crippen MR) is 165 cm³/mol. The Morgan fingerprint density at radius 1 is 0.929 bits per heavy atom. The number of amides is 1. The number of carbonyl (C=O) groups excluding carboxylic acids is 1. The summed E-state index contributed by atoms with van der Waals surface area (Å²) in [6, 6.07) is 28.6. The second-order valence-corrected chi connectivity index (χ2v) is 11.2. The molecule has 4 aromatic rings. The van der Waals surface area contributed by atoms with Crippen molar-refractivity contribution >= 4 is 33.5 Å². The van der Waals surface area contributed by atoms with Crippen LogP contribution in [0.2, 0.25) is 0 Å². The lowest BCUT2D eigenvalue weighted by Gasteiger charge is -2.17. The van der Waals surface area contributed by atoms with Gasteiger partial charge >= 0.3 is 10.1 Å². The van der Waals surface area contributed by atoms with Gasteiger partial charge in [-0.2, -0.15) is 18.5 Å². The number of para-hydroxylation sites is 1. The molecule has 1 heterocycles. The second kappa shape index (κ2) is 12.3. The lowest BCUT2D eigenvalue weighted by atomic mass is 9.98. The van der Waals surface area contributed by atoms with E-state index in [9.17, 15) is 13.2 Å². The number of nitrogens with zero attached hydrogens (tertiary/aromatic N) is 2. The highest BCUT2D eigenvalue weighted by atomic mass is 32.2. The van der Waals surface area contributed by atoms with Crippen LogP contribution in [0.15, 0.2) is 125 Å². The van der Waals surface area contributed by atoms with Crippen LogP contribution < -0.4 is 13.9 Å². The standard InChI is InChI=1S/C34H30N2O5S/c1-4-12-27-21-25(23-31(40-5-2)33(27)41-42(38,39)29-19-17-24(3)18-20-29)22-30-32(26-13-8-6-9-14-26)35-36(34(30)37)28-15-10-7-11-16-28/h4,6-11,13-23H,1,5,12H2,2-3H3/b30-22-. The maximum Gasteiger partial charge on any atom is 0.339 e. The Balaban J connectivity index is 1.61. The molecule has 8 heteroatoms. The van der Waals surface area contributed by atoms with Crippen molar-refractivity contribution in [2.24, 2.45) is 5.10 Å². The van der Waals surface area contributed by atoms with E-state index in [4.69, 9.17) is 14.0 Å². The first-order valence-corrected chi connectivity index (χ1v) is 14.9. The molecule has 1 amide bonds. The van der Waals surface area contributed by atoms with Gasteiger partial charge in [-0.1, -0.05) is 72.3 Å². The summed E-state index contributed by atoms with van der Waals surface area (Å²) < 4.78 is 38.0. The van der Waals surface area contributed by atoms with Crippen molar-refractivity contribution in [1.82, 2.24) is 0 Å². The third-order valence-corrected chi connectivity index (χ3v) is 7.79. The van der Waals surface area contributed by atoms with Crippen molar-refractivity contribution in [1.29, 1.82) is 0 Å². The van der Waals surface area contributed by atoms with Crippen LogP contribution >= 0.6 is 0 Å². The molecule has 0 spiro atoms. The van der Waals surface area contributed by atoms with Crippen LogP contribution in [-0.2, 0) is 21.3 Å². The molecule has 0 atom stereocenters. The number of hydrogen-bond acceptors (Lipinski definition) is 6. The molecule has 0 aliphatic carbocycles.